The van der Waals surface area contributed by atoms with E-state index in [4.69, 9.17) is 17.2 Å². The number of nitrogens with one attached hydrogen (secondary N) is 3. The quantitative estimate of drug-likeness (QED) is 0.0772. The number of rotatable bonds is 14. The van der Waals surface area contributed by atoms with Crippen molar-refractivity contribution in [2.45, 2.75) is 62.7 Å². The van der Waals surface area contributed by atoms with Crippen LogP contribution >= 0.6 is 0 Å². The number of carbonyl (C=O) groups excluding carboxylic acids is 3. The number of benzene rings is 2. The van der Waals surface area contributed by atoms with E-state index in [0.29, 0.717) is 25.8 Å². The van der Waals surface area contributed by atoms with E-state index in [2.05, 4.69) is 20.6 Å². The molecular weight excluding hydrogens is 564 g/mol. The normalized spacial score (nSPS) is 16.6. The Morgan fingerprint density at radius 1 is 0.977 bits per heavy atom. The van der Waals surface area contributed by atoms with Gasteiger partial charge in [0.1, 0.15) is 18.1 Å². The molecule has 10 N–H and O–H groups in total. The fourth-order valence-electron chi connectivity index (χ4n) is 5.47. The van der Waals surface area contributed by atoms with Crippen molar-refractivity contribution in [3.05, 3.63) is 71.9 Å². The second-order valence-corrected chi connectivity index (χ2v) is 11.0. The van der Waals surface area contributed by atoms with Crippen LogP contribution in [0.2, 0.25) is 0 Å². The Morgan fingerprint density at radius 2 is 1.68 bits per heavy atom. The van der Waals surface area contributed by atoms with Gasteiger partial charge in [-0.3, -0.25) is 19.4 Å². The highest BCUT2D eigenvalue weighted by Crippen LogP contribution is 2.21. The maximum atomic E-state index is 13.9. The van der Waals surface area contributed by atoms with Crippen molar-refractivity contribution < 1.29 is 24.3 Å². The molecular formula is C31H40N8O5. The van der Waals surface area contributed by atoms with Crippen LogP contribution in [-0.4, -0.2) is 81.9 Å². The molecule has 2 aromatic carbocycles. The van der Waals surface area contributed by atoms with Crippen LogP contribution in [0.4, 0.5) is 0 Å². The fraction of sp³-hybridized carbons (Fsp3) is 0.387. The van der Waals surface area contributed by atoms with E-state index in [9.17, 15) is 24.3 Å². The zero-order valence-corrected chi connectivity index (χ0v) is 24.4. The van der Waals surface area contributed by atoms with Gasteiger partial charge in [-0.15, -0.1) is 0 Å². The van der Waals surface area contributed by atoms with Gasteiger partial charge < -0.3 is 42.8 Å². The van der Waals surface area contributed by atoms with Gasteiger partial charge in [-0.2, -0.15) is 0 Å². The summed E-state index contributed by atoms with van der Waals surface area (Å²) in [5.41, 5.74) is 19.3. The Labute approximate surface area is 255 Å². The molecule has 1 aliphatic rings. The van der Waals surface area contributed by atoms with Crippen LogP contribution in [0.1, 0.15) is 36.8 Å². The number of carboxylic acid groups (broad SMARTS) is 1. The van der Waals surface area contributed by atoms with Crippen molar-refractivity contribution in [2.24, 2.45) is 22.2 Å². The van der Waals surface area contributed by atoms with Crippen LogP contribution in [0.15, 0.2) is 65.8 Å². The number of para-hydroxylation sites is 1. The largest absolute Gasteiger partial charge is 0.480 e. The van der Waals surface area contributed by atoms with Gasteiger partial charge in [0, 0.05) is 43.0 Å². The summed E-state index contributed by atoms with van der Waals surface area (Å²) in [6.07, 6.45) is 3.68. The molecule has 0 saturated carbocycles. The second kappa shape index (κ2) is 15.0. The van der Waals surface area contributed by atoms with Gasteiger partial charge in [0.15, 0.2) is 5.96 Å². The van der Waals surface area contributed by atoms with Crippen LogP contribution in [0, 0.1) is 0 Å². The van der Waals surface area contributed by atoms with Crippen LogP contribution in [-0.2, 0) is 32.0 Å². The SMILES string of the molecule is NC(N)=NCCCC(N)C(=O)NC(Cc1c[nH]c2ccccc12)C(=O)NC(Cc1ccccc1)C(=O)N1CCCC1C(=O)O. The third-order valence-electron chi connectivity index (χ3n) is 7.75. The highest BCUT2D eigenvalue weighted by atomic mass is 16.4. The fourth-order valence-corrected chi connectivity index (χ4v) is 5.47. The number of aliphatic carboxylic acids is 1. The first-order valence-electron chi connectivity index (χ1n) is 14.7. The first-order chi connectivity index (χ1) is 21.1. The molecule has 234 valence electrons. The maximum absolute atomic E-state index is 13.9. The topological polar surface area (TPSA) is 222 Å². The number of carbonyl (C=O) groups is 4. The summed E-state index contributed by atoms with van der Waals surface area (Å²) in [7, 11) is 0. The second-order valence-electron chi connectivity index (χ2n) is 11.0. The van der Waals surface area contributed by atoms with E-state index in [1.807, 2.05) is 54.6 Å². The molecule has 4 unspecified atom stereocenters. The lowest BCUT2D eigenvalue weighted by Crippen LogP contribution is -2.58. The standard InChI is InChI=1S/C31H40N8O5/c32-22(11-6-14-35-31(33)34)27(40)37-24(17-20-18-36-23-12-5-4-10-21(20)23)28(41)38-25(16-19-8-2-1-3-9-19)29(42)39-15-7-13-26(39)30(43)44/h1-5,8-10,12,18,22,24-26,36H,6-7,11,13-17,32H2,(H,37,40)(H,38,41)(H,43,44)(H4,33,34,35). The molecule has 0 aliphatic carbocycles. The van der Waals surface area contributed by atoms with Crippen molar-refractivity contribution in [1.82, 2.24) is 20.5 Å². The van der Waals surface area contributed by atoms with Crippen LogP contribution in [0.5, 0.6) is 0 Å². The molecule has 0 bridgehead atoms. The number of H-pyrrole nitrogens is 1. The molecule has 2 heterocycles. The zero-order valence-electron chi connectivity index (χ0n) is 24.4. The number of guanidine groups is 1. The Morgan fingerprint density at radius 3 is 2.41 bits per heavy atom. The predicted molar refractivity (Wildman–Crippen MR) is 166 cm³/mol. The van der Waals surface area contributed by atoms with E-state index in [0.717, 1.165) is 22.0 Å². The van der Waals surface area contributed by atoms with Gasteiger partial charge in [0.2, 0.25) is 17.7 Å². The Kier molecular flexibility index (Phi) is 10.9. The maximum Gasteiger partial charge on any atom is 0.326 e. The van der Waals surface area contributed by atoms with Crippen LogP contribution in [0.3, 0.4) is 0 Å². The minimum absolute atomic E-state index is 0.0540. The average molecular weight is 605 g/mol. The molecule has 1 aliphatic heterocycles. The number of nitrogens with zero attached hydrogens (tertiary/aromatic N) is 2. The minimum atomic E-state index is -1.08. The minimum Gasteiger partial charge on any atom is -0.480 e. The van der Waals surface area contributed by atoms with Gasteiger partial charge in [0.05, 0.1) is 6.04 Å². The van der Waals surface area contributed by atoms with Crippen LogP contribution in [0.25, 0.3) is 10.9 Å². The highest BCUT2D eigenvalue weighted by molar-refractivity contribution is 5.95. The number of aromatic nitrogens is 1. The number of hydrogen-bond donors (Lipinski definition) is 7. The van der Waals surface area contributed by atoms with E-state index in [1.54, 1.807) is 6.20 Å². The number of nitrogens with two attached hydrogens (primary N) is 3. The van der Waals surface area contributed by atoms with Crippen molar-refractivity contribution in [2.75, 3.05) is 13.1 Å². The van der Waals surface area contributed by atoms with Gasteiger partial charge in [-0.1, -0.05) is 48.5 Å². The lowest BCUT2D eigenvalue weighted by atomic mass is 10.0. The number of carboxylic acids is 1. The summed E-state index contributed by atoms with van der Waals surface area (Å²) >= 11 is 0. The average Bonchev–Trinajstić information content (AvgIpc) is 3.66. The Balaban J connectivity index is 1.57. The van der Waals surface area contributed by atoms with Gasteiger partial charge in [-0.05, 0) is 42.9 Å². The van der Waals surface area contributed by atoms with Crippen molar-refractivity contribution in [3.63, 3.8) is 0 Å². The highest BCUT2D eigenvalue weighted by Gasteiger charge is 2.38. The smallest absolute Gasteiger partial charge is 0.326 e. The van der Waals surface area contributed by atoms with E-state index in [1.165, 1.54) is 4.90 Å². The molecule has 1 saturated heterocycles. The molecule has 4 atom stereocenters. The molecule has 0 radical (unpaired) electrons. The lowest BCUT2D eigenvalue weighted by Gasteiger charge is -2.29. The van der Waals surface area contributed by atoms with Crippen molar-refractivity contribution in [3.8, 4) is 0 Å². The molecule has 1 aromatic heterocycles. The van der Waals surface area contributed by atoms with Gasteiger partial charge in [0.25, 0.3) is 0 Å². The number of fused-ring (bicyclic) bond motifs is 1. The zero-order chi connectivity index (χ0) is 31.6. The van der Waals surface area contributed by atoms with Gasteiger partial charge in [-0.25, -0.2) is 4.79 Å². The predicted octanol–water partition coefficient (Wildman–Crippen LogP) is 0.379. The molecule has 0 spiro atoms. The Hall–Kier alpha value is -4.91. The van der Waals surface area contributed by atoms with E-state index >= 15 is 0 Å². The van der Waals surface area contributed by atoms with Crippen molar-refractivity contribution >= 4 is 40.6 Å². The van der Waals surface area contributed by atoms with E-state index in [-0.39, 0.29) is 31.8 Å². The molecule has 13 heteroatoms. The molecule has 3 aromatic rings. The molecule has 1 fully saturated rings. The summed E-state index contributed by atoms with van der Waals surface area (Å²) in [5, 5.41) is 16.2. The number of aromatic amines is 1. The summed E-state index contributed by atoms with van der Waals surface area (Å²) in [6.45, 7) is 0.584. The first-order valence-corrected chi connectivity index (χ1v) is 14.7. The molecule has 3 amide bonds. The number of hydrogen-bond acceptors (Lipinski definition) is 6. The number of likely N-dealkylation sites (tertiary alicyclic amines) is 1. The number of amides is 3. The molecule has 44 heavy (non-hydrogen) atoms. The third-order valence-corrected chi connectivity index (χ3v) is 7.75. The number of aliphatic imine (C=N–C) groups is 1. The summed E-state index contributed by atoms with van der Waals surface area (Å²) in [5.74, 6) is -2.75. The summed E-state index contributed by atoms with van der Waals surface area (Å²) in [6, 6.07) is 12.7. The summed E-state index contributed by atoms with van der Waals surface area (Å²) < 4.78 is 0. The van der Waals surface area contributed by atoms with Gasteiger partial charge >= 0.3 is 5.97 Å². The van der Waals surface area contributed by atoms with E-state index < -0.39 is 47.9 Å². The molecule has 13 nitrogen and oxygen atoms in total. The first kappa shape index (κ1) is 32.0. The lowest BCUT2D eigenvalue weighted by molar-refractivity contribution is -0.149. The van der Waals surface area contributed by atoms with Crippen LogP contribution < -0.4 is 27.8 Å². The monoisotopic (exact) mass is 604 g/mol. The Bertz CT molecular complexity index is 1490. The van der Waals surface area contributed by atoms with Crippen molar-refractivity contribution in [1.29, 1.82) is 0 Å². The molecule has 4 rings (SSSR count). The summed E-state index contributed by atoms with van der Waals surface area (Å²) in [4.78, 5) is 61.1. The third kappa shape index (κ3) is 8.34.